The Balaban J connectivity index is 1.48. The Hall–Kier alpha value is -4.22. The number of halogens is 4. The third-order valence-corrected chi connectivity index (χ3v) is 6.30. The average molecular weight is 514 g/mol. The molecule has 192 valence electrons. The van der Waals surface area contributed by atoms with E-state index in [-0.39, 0.29) is 18.5 Å². The Morgan fingerprint density at radius 1 is 1.14 bits per heavy atom. The van der Waals surface area contributed by atoms with E-state index in [1.807, 2.05) is 17.6 Å². The number of methoxy groups -OCH3 is 1. The number of amides is 1. The number of imidazole rings is 1. The molecule has 12 heteroatoms. The molecule has 0 aliphatic carbocycles. The number of fused-ring (bicyclic) bond motifs is 1. The molecular formula is C25H22F4N6O2. The first-order chi connectivity index (χ1) is 17.6. The van der Waals surface area contributed by atoms with E-state index in [4.69, 9.17) is 4.74 Å². The van der Waals surface area contributed by atoms with Gasteiger partial charge < -0.3 is 14.2 Å². The van der Waals surface area contributed by atoms with Crippen molar-refractivity contribution in [2.75, 3.05) is 18.6 Å². The van der Waals surface area contributed by atoms with Crippen LogP contribution in [0.15, 0.2) is 55.0 Å². The van der Waals surface area contributed by atoms with Crippen molar-refractivity contribution in [2.24, 2.45) is 0 Å². The van der Waals surface area contributed by atoms with Crippen LogP contribution in [0.1, 0.15) is 23.9 Å². The van der Waals surface area contributed by atoms with Crippen LogP contribution in [0.3, 0.4) is 0 Å². The van der Waals surface area contributed by atoms with Crippen molar-refractivity contribution in [1.29, 1.82) is 0 Å². The SMILES string of the molecule is COc1cc(-c2cn([C@H]3CCc4cc(F)ccc4N(CC(F)(F)F)C3=O)nn2)ccc1-n1ccnc1C. The number of hydrogen-bond acceptors (Lipinski definition) is 5. The topological polar surface area (TPSA) is 78.1 Å². The van der Waals surface area contributed by atoms with Crippen molar-refractivity contribution >= 4 is 11.6 Å². The number of carbonyl (C=O) groups is 1. The van der Waals surface area contributed by atoms with Gasteiger partial charge in [-0.1, -0.05) is 11.3 Å². The van der Waals surface area contributed by atoms with Gasteiger partial charge in [-0.15, -0.1) is 5.10 Å². The highest BCUT2D eigenvalue weighted by molar-refractivity contribution is 5.97. The Morgan fingerprint density at radius 3 is 2.62 bits per heavy atom. The zero-order valence-corrected chi connectivity index (χ0v) is 19.9. The van der Waals surface area contributed by atoms with E-state index in [0.717, 1.165) is 23.6 Å². The zero-order valence-electron chi connectivity index (χ0n) is 19.9. The number of carbonyl (C=O) groups excluding carboxylic acids is 1. The molecule has 0 spiro atoms. The van der Waals surface area contributed by atoms with Gasteiger partial charge in [-0.2, -0.15) is 13.2 Å². The molecule has 1 amide bonds. The number of anilines is 1. The first kappa shape index (κ1) is 24.5. The summed E-state index contributed by atoms with van der Waals surface area (Å²) in [5.41, 5.74) is 2.19. The number of aryl methyl sites for hydroxylation is 2. The molecule has 0 unspecified atom stereocenters. The summed E-state index contributed by atoms with van der Waals surface area (Å²) in [6, 6.07) is 7.76. The highest BCUT2D eigenvalue weighted by Crippen LogP contribution is 2.35. The maximum absolute atomic E-state index is 13.8. The normalized spacial score (nSPS) is 16.0. The predicted molar refractivity (Wildman–Crippen MR) is 126 cm³/mol. The lowest BCUT2D eigenvalue weighted by molar-refractivity contribution is -0.134. The number of alkyl halides is 3. The van der Waals surface area contributed by atoms with Crippen LogP contribution in [0.4, 0.5) is 23.2 Å². The van der Waals surface area contributed by atoms with Crippen LogP contribution < -0.4 is 9.64 Å². The van der Waals surface area contributed by atoms with Gasteiger partial charge in [0.05, 0.1) is 19.0 Å². The van der Waals surface area contributed by atoms with Crippen molar-refractivity contribution in [3.63, 3.8) is 0 Å². The summed E-state index contributed by atoms with van der Waals surface area (Å²) in [6.45, 7) is 0.367. The number of aromatic nitrogens is 5. The third kappa shape index (κ3) is 4.78. The minimum atomic E-state index is -4.64. The van der Waals surface area contributed by atoms with Crippen LogP contribution in [0.2, 0.25) is 0 Å². The first-order valence-electron chi connectivity index (χ1n) is 11.4. The molecule has 0 fully saturated rings. The van der Waals surface area contributed by atoms with Gasteiger partial charge in [0.2, 0.25) is 0 Å². The summed E-state index contributed by atoms with van der Waals surface area (Å²) in [4.78, 5) is 18.2. The lowest BCUT2D eigenvalue weighted by Gasteiger charge is -2.26. The second-order valence-corrected chi connectivity index (χ2v) is 8.68. The Bertz CT molecular complexity index is 1460. The van der Waals surface area contributed by atoms with Crippen LogP contribution in [0.5, 0.6) is 5.75 Å². The zero-order chi connectivity index (χ0) is 26.3. The molecule has 3 heterocycles. The van der Waals surface area contributed by atoms with E-state index in [1.165, 1.54) is 24.1 Å². The standard InChI is InChI=1S/C25H22F4N6O2/c1-15-30-9-10-33(15)21-6-3-16(12-23(21)37-2)19-13-35(32-31-19)22-7-4-17-11-18(26)5-8-20(17)34(24(22)36)14-25(27,28)29/h3,5-6,8-13,22H,4,7,14H2,1-2H3/t22-/m0/s1. The quantitative estimate of drug-likeness (QED) is 0.362. The van der Waals surface area contributed by atoms with E-state index in [9.17, 15) is 22.4 Å². The molecule has 1 aliphatic heterocycles. The van der Waals surface area contributed by atoms with Crippen molar-refractivity contribution in [1.82, 2.24) is 24.5 Å². The number of rotatable bonds is 5. The fraction of sp³-hybridized carbons (Fsp3) is 0.280. The van der Waals surface area contributed by atoms with Crippen molar-refractivity contribution in [3.8, 4) is 22.7 Å². The van der Waals surface area contributed by atoms with Gasteiger partial charge in [-0.25, -0.2) is 14.1 Å². The average Bonchev–Trinajstić information content (AvgIpc) is 3.49. The molecule has 2 aromatic carbocycles. The van der Waals surface area contributed by atoms with Crippen molar-refractivity contribution < 1.29 is 27.1 Å². The van der Waals surface area contributed by atoms with Gasteiger partial charge in [0.1, 0.15) is 35.7 Å². The second kappa shape index (κ2) is 9.34. The third-order valence-electron chi connectivity index (χ3n) is 6.30. The fourth-order valence-corrected chi connectivity index (χ4v) is 4.55. The molecule has 0 bridgehead atoms. The lowest BCUT2D eigenvalue weighted by Crippen LogP contribution is -2.42. The molecule has 0 saturated heterocycles. The summed E-state index contributed by atoms with van der Waals surface area (Å²) < 4.78 is 62.7. The first-order valence-corrected chi connectivity index (χ1v) is 11.4. The molecule has 1 atom stereocenters. The molecule has 37 heavy (non-hydrogen) atoms. The number of ether oxygens (including phenoxy) is 1. The summed E-state index contributed by atoms with van der Waals surface area (Å²) in [5.74, 6) is -0.0498. The van der Waals surface area contributed by atoms with Crippen LogP contribution >= 0.6 is 0 Å². The van der Waals surface area contributed by atoms with Gasteiger partial charge in [-0.3, -0.25) is 4.79 Å². The number of hydrogen-bond donors (Lipinski definition) is 0. The van der Waals surface area contributed by atoms with E-state index in [2.05, 4.69) is 15.3 Å². The van der Waals surface area contributed by atoms with Crippen molar-refractivity contribution in [3.05, 3.63) is 72.2 Å². The highest BCUT2D eigenvalue weighted by atomic mass is 19.4. The number of benzene rings is 2. The van der Waals surface area contributed by atoms with E-state index < -0.39 is 30.5 Å². The monoisotopic (exact) mass is 514 g/mol. The second-order valence-electron chi connectivity index (χ2n) is 8.68. The molecule has 0 N–H and O–H groups in total. The summed E-state index contributed by atoms with van der Waals surface area (Å²) in [7, 11) is 1.53. The maximum atomic E-state index is 13.8. The van der Waals surface area contributed by atoms with E-state index >= 15 is 0 Å². The molecule has 5 rings (SSSR count). The van der Waals surface area contributed by atoms with E-state index in [1.54, 1.807) is 24.5 Å². The Kier molecular flexibility index (Phi) is 6.18. The Labute approximate surface area is 209 Å². The van der Waals surface area contributed by atoms with Gasteiger partial charge in [-0.05, 0) is 55.7 Å². The highest BCUT2D eigenvalue weighted by Gasteiger charge is 2.39. The predicted octanol–water partition coefficient (Wildman–Crippen LogP) is 4.67. The molecular weight excluding hydrogens is 492 g/mol. The Morgan fingerprint density at radius 2 is 1.92 bits per heavy atom. The molecule has 1 aliphatic rings. The van der Waals surface area contributed by atoms with Crippen molar-refractivity contribution in [2.45, 2.75) is 32.0 Å². The van der Waals surface area contributed by atoms with Gasteiger partial charge in [0.15, 0.2) is 0 Å². The van der Waals surface area contributed by atoms with Gasteiger partial charge in [0.25, 0.3) is 5.91 Å². The summed E-state index contributed by atoms with van der Waals surface area (Å²) >= 11 is 0. The van der Waals surface area contributed by atoms with Crippen LogP contribution in [0, 0.1) is 12.7 Å². The molecule has 8 nitrogen and oxygen atoms in total. The summed E-state index contributed by atoms with van der Waals surface area (Å²) in [5, 5.41) is 8.23. The van der Waals surface area contributed by atoms with E-state index in [0.29, 0.717) is 27.5 Å². The summed E-state index contributed by atoms with van der Waals surface area (Å²) in [6.07, 6.45) is 0.677. The maximum Gasteiger partial charge on any atom is 0.406 e. The largest absolute Gasteiger partial charge is 0.495 e. The van der Waals surface area contributed by atoms with Crippen LogP contribution in [0.25, 0.3) is 16.9 Å². The van der Waals surface area contributed by atoms with Crippen LogP contribution in [-0.4, -0.2) is 50.3 Å². The van der Waals surface area contributed by atoms with Crippen LogP contribution in [-0.2, 0) is 11.2 Å². The molecule has 0 saturated carbocycles. The van der Waals surface area contributed by atoms with Gasteiger partial charge >= 0.3 is 6.18 Å². The van der Waals surface area contributed by atoms with Gasteiger partial charge in [0, 0.05) is 23.6 Å². The minimum absolute atomic E-state index is 0.0432. The minimum Gasteiger partial charge on any atom is -0.495 e. The number of nitrogens with zero attached hydrogens (tertiary/aromatic N) is 6. The molecule has 4 aromatic rings. The fourth-order valence-electron chi connectivity index (χ4n) is 4.55. The molecule has 2 aromatic heterocycles. The smallest absolute Gasteiger partial charge is 0.406 e. The molecule has 0 radical (unpaired) electrons. The lowest BCUT2D eigenvalue weighted by atomic mass is 10.1.